The first-order valence-corrected chi connectivity index (χ1v) is 7.72. The second-order valence-corrected chi connectivity index (χ2v) is 7.02. The van der Waals surface area contributed by atoms with Crippen LogP contribution in [0.2, 0.25) is 0 Å². The fourth-order valence-electron chi connectivity index (χ4n) is 1.03. The Labute approximate surface area is 106 Å². The molecule has 0 aromatic rings. The Morgan fingerprint density at radius 1 is 1.18 bits per heavy atom. The van der Waals surface area contributed by atoms with Gasteiger partial charge in [-0.1, -0.05) is 6.92 Å². The molecule has 0 heterocycles. The molecule has 6 heteroatoms. The van der Waals surface area contributed by atoms with Crippen molar-refractivity contribution < 1.29 is 8.42 Å². The van der Waals surface area contributed by atoms with E-state index in [0.29, 0.717) is 13.1 Å². The van der Waals surface area contributed by atoms with Crippen molar-refractivity contribution in [1.82, 2.24) is 14.9 Å². The summed E-state index contributed by atoms with van der Waals surface area (Å²) in [5.74, 6) is 0.135. The Balaban J connectivity index is 4.02. The van der Waals surface area contributed by atoms with E-state index in [4.69, 9.17) is 0 Å². The molecule has 0 atom stereocenters. The normalized spacial score (nSPS) is 13.3. The first kappa shape index (κ1) is 16.8. The lowest BCUT2D eigenvalue weighted by Crippen LogP contribution is -2.49. The second kappa shape index (κ2) is 7.31. The quantitative estimate of drug-likeness (QED) is 0.587. The van der Waals surface area contributed by atoms with Crippen molar-refractivity contribution in [3.8, 4) is 0 Å². The molecule has 0 rings (SSSR count). The van der Waals surface area contributed by atoms with Crippen LogP contribution in [-0.2, 0) is 10.0 Å². The summed E-state index contributed by atoms with van der Waals surface area (Å²) < 4.78 is 26.0. The van der Waals surface area contributed by atoms with Crippen molar-refractivity contribution >= 4 is 10.0 Å². The van der Waals surface area contributed by atoms with E-state index >= 15 is 0 Å². The fraction of sp³-hybridized carbons (Fsp3) is 1.00. The third-order valence-corrected chi connectivity index (χ3v) is 4.24. The van der Waals surface area contributed by atoms with Crippen LogP contribution in [0.25, 0.3) is 0 Å². The minimum Gasteiger partial charge on any atom is -0.316 e. The molecule has 0 unspecified atom stereocenters. The van der Waals surface area contributed by atoms with E-state index < -0.39 is 10.0 Å². The molecule has 0 saturated carbocycles. The van der Waals surface area contributed by atoms with Gasteiger partial charge in [0.25, 0.3) is 0 Å². The number of hydrogen-bond acceptors (Lipinski definition) is 4. The summed E-state index contributed by atoms with van der Waals surface area (Å²) in [4.78, 5) is 2.00. The first-order valence-electron chi connectivity index (χ1n) is 6.07. The molecule has 0 bridgehead atoms. The Kier molecular flexibility index (Phi) is 7.23. The summed E-state index contributed by atoms with van der Waals surface area (Å²) in [6, 6.07) is 0. The highest BCUT2D eigenvalue weighted by atomic mass is 32.2. The van der Waals surface area contributed by atoms with Gasteiger partial charge in [-0.15, -0.1) is 0 Å². The van der Waals surface area contributed by atoms with E-state index in [1.54, 1.807) is 0 Å². The van der Waals surface area contributed by atoms with Crippen LogP contribution in [0, 0.1) is 0 Å². The predicted octanol–water partition coefficient (Wildman–Crippen LogP) is 0.246. The van der Waals surface area contributed by atoms with Crippen molar-refractivity contribution in [1.29, 1.82) is 0 Å². The van der Waals surface area contributed by atoms with Gasteiger partial charge in [0.2, 0.25) is 10.0 Å². The SMILES string of the molecule is CCCNCCS(=O)(=O)NCC(C)(C)N(C)C. The van der Waals surface area contributed by atoms with Gasteiger partial charge in [-0.05, 0) is 40.9 Å². The predicted molar refractivity (Wildman–Crippen MR) is 72.7 cm³/mol. The topological polar surface area (TPSA) is 61.4 Å². The van der Waals surface area contributed by atoms with E-state index in [1.165, 1.54) is 0 Å². The summed E-state index contributed by atoms with van der Waals surface area (Å²) >= 11 is 0. The maximum Gasteiger partial charge on any atom is 0.212 e. The zero-order valence-corrected chi connectivity index (χ0v) is 12.5. The van der Waals surface area contributed by atoms with Crippen molar-refractivity contribution in [2.45, 2.75) is 32.7 Å². The third-order valence-electron chi connectivity index (χ3n) is 2.91. The molecule has 0 fully saturated rings. The molecule has 17 heavy (non-hydrogen) atoms. The molecular weight excluding hydrogens is 238 g/mol. The van der Waals surface area contributed by atoms with E-state index in [9.17, 15) is 8.42 Å². The molecule has 0 aliphatic heterocycles. The fourth-order valence-corrected chi connectivity index (χ4v) is 2.16. The molecule has 5 nitrogen and oxygen atoms in total. The monoisotopic (exact) mass is 265 g/mol. The standard InChI is InChI=1S/C11H27N3O2S/c1-6-7-12-8-9-17(15,16)13-10-11(2,3)14(4)5/h12-13H,6-10H2,1-5H3. The van der Waals surface area contributed by atoms with Crippen LogP contribution < -0.4 is 10.0 Å². The highest BCUT2D eigenvalue weighted by molar-refractivity contribution is 7.89. The van der Waals surface area contributed by atoms with Crippen LogP contribution in [0.5, 0.6) is 0 Å². The molecule has 2 N–H and O–H groups in total. The lowest BCUT2D eigenvalue weighted by atomic mass is 10.1. The summed E-state index contributed by atoms with van der Waals surface area (Å²) in [6.07, 6.45) is 1.02. The molecule has 0 amide bonds. The molecule has 0 aromatic carbocycles. The average molecular weight is 265 g/mol. The van der Waals surface area contributed by atoms with Gasteiger partial charge in [-0.3, -0.25) is 0 Å². The summed E-state index contributed by atoms with van der Waals surface area (Å²) in [5.41, 5.74) is -0.177. The molecule has 104 valence electrons. The maximum absolute atomic E-state index is 11.7. The molecule has 0 radical (unpaired) electrons. The van der Waals surface area contributed by atoms with Crippen LogP contribution in [0.1, 0.15) is 27.2 Å². The largest absolute Gasteiger partial charge is 0.316 e. The minimum absolute atomic E-state index is 0.135. The van der Waals surface area contributed by atoms with Gasteiger partial charge < -0.3 is 10.2 Å². The van der Waals surface area contributed by atoms with Crippen LogP contribution in [-0.4, -0.2) is 58.3 Å². The van der Waals surface area contributed by atoms with E-state index in [1.807, 2.05) is 32.8 Å². The lowest BCUT2D eigenvalue weighted by molar-refractivity contribution is 0.199. The number of nitrogens with one attached hydrogen (secondary N) is 2. The smallest absolute Gasteiger partial charge is 0.212 e. The molecule has 0 spiro atoms. The number of sulfonamides is 1. The number of hydrogen-bond donors (Lipinski definition) is 2. The highest BCUT2D eigenvalue weighted by Gasteiger charge is 2.22. The van der Waals surface area contributed by atoms with Gasteiger partial charge in [-0.25, -0.2) is 13.1 Å². The van der Waals surface area contributed by atoms with Crippen molar-refractivity contribution in [3.05, 3.63) is 0 Å². The Morgan fingerprint density at radius 3 is 2.24 bits per heavy atom. The van der Waals surface area contributed by atoms with E-state index in [2.05, 4.69) is 17.0 Å². The number of likely N-dealkylation sites (N-methyl/N-ethyl adjacent to an activating group) is 1. The third kappa shape index (κ3) is 7.70. The highest BCUT2D eigenvalue weighted by Crippen LogP contribution is 2.08. The van der Waals surface area contributed by atoms with Crippen LogP contribution >= 0.6 is 0 Å². The van der Waals surface area contributed by atoms with Gasteiger partial charge >= 0.3 is 0 Å². The molecule has 0 aliphatic carbocycles. The average Bonchev–Trinajstić information content (AvgIpc) is 2.22. The minimum atomic E-state index is -3.17. The van der Waals surface area contributed by atoms with Gasteiger partial charge in [0, 0.05) is 18.6 Å². The van der Waals surface area contributed by atoms with Gasteiger partial charge in [0.05, 0.1) is 5.75 Å². The van der Waals surface area contributed by atoms with Crippen LogP contribution in [0.4, 0.5) is 0 Å². The van der Waals surface area contributed by atoms with Crippen molar-refractivity contribution in [2.75, 3.05) is 39.5 Å². The second-order valence-electron chi connectivity index (χ2n) is 5.10. The Morgan fingerprint density at radius 2 is 1.76 bits per heavy atom. The zero-order chi connectivity index (χ0) is 13.5. The number of nitrogens with zero attached hydrogens (tertiary/aromatic N) is 1. The van der Waals surface area contributed by atoms with Gasteiger partial charge in [0.1, 0.15) is 0 Å². The van der Waals surface area contributed by atoms with E-state index in [0.717, 1.165) is 13.0 Å². The van der Waals surface area contributed by atoms with Crippen molar-refractivity contribution in [3.63, 3.8) is 0 Å². The first-order chi connectivity index (χ1) is 7.71. The summed E-state index contributed by atoms with van der Waals surface area (Å²) in [7, 11) is 0.715. The zero-order valence-electron chi connectivity index (χ0n) is 11.7. The van der Waals surface area contributed by atoms with E-state index in [-0.39, 0.29) is 11.3 Å². The summed E-state index contributed by atoms with van der Waals surface area (Å²) in [5, 5.41) is 3.08. The van der Waals surface area contributed by atoms with Gasteiger partial charge in [0.15, 0.2) is 0 Å². The number of rotatable bonds is 9. The molecule has 0 saturated heterocycles. The Bertz CT molecular complexity index is 300. The Hall–Kier alpha value is -0.170. The van der Waals surface area contributed by atoms with Crippen LogP contribution in [0.15, 0.2) is 0 Å². The summed E-state index contributed by atoms with van der Waals surface area (Å²) in [6.45, 7) is 7.86. The lowest BCUT2D eigenvalue weighted by Gasteiger charge is -2.32. The van der Waals surface area contributed by atoms with Crippen LogP contribution in [0.3, 0.4) is 0 Å². The molecule has 0 aliphatic rings. The molecular formula is C11H27N3O2S. The molecule has 0 aromatic heterocycles. The van der Waals surface area contributed by atoms with Gasteiger partial charge in [-0.2, -0.15) is 0 Å². The van der Waals surface area contributed by atoms with Crippen molar-refractivity contribution in [2.24, 2.45) is 0 Å². The maximum atomic E-state index is 11.7.